The average molecular weight is 288 g/mol. The smallest absolute Gasteiger partial charge is 0.151 e. The Morgan fingerprint density at radius 3 is 2.68 bits per heavy atom. The minimum absolute atomic E-state index is 0.582. The van der Waals surface area contributed by atoms with Crippen LogP contribution in [0.3, 0.4) is 0 Å². The van der Waals surface area contributed by atoms with Crippen molar-refractivity contribution >= 4 is 17.3 Å². The van der Waals surface area contributed by atoms with Crippen molar-refractivity contribution in [3.05, 3.63) is 66.7 Å². The lowest BCUT2D eigenvalue weighted by molar-refractivity contribution is 0.112. The molecule has 0 aliphatic rings. The number of aromatic amines is 1. The van der Waals surface area contributed by atoms with E-state index >= 15 is 0 Å². The van der Waals surface area contributed by atoms with Gasteiger partial charge in [0.05, 0.1) is 0 Å². The molecule has 1 N–H and O–H groups in total. The predicted octanol–water partition coefficient (Wildman–Crippen LogP) is 3.23. The minimum Gasteiger partial charge on any atom is -0.345 e. The molecule has 3 heterocycles. The Morgan fingerprint density at radius 2 is 1.95 bits per heavy atom. The zero-order valence-electron chi connectivity index (χ0n) is 11.6. The molecule has 4 rings (SSSR count). The number of aromatic nitrogens is 4. The molecule has 1 aromatic carbocycles. The summed E-state index contributed by atoms with van der Waals surface area (Å²) in [5, 5.41) is 0.944. The maximum atomic E-state index is 10.8. The van der Waals surface area contributed by atoms with Gasteiger partial charge in [-0.25, -0.2) is 9.97 Å². The molecule has 5 heteroatoms. The molecule has 0 aliphatic carbocycles. The van der Waals surface area contributed by atoms with Crippen molar-refractivity contribution in [2.45, 2.75) is 0 Å². The first-order valence-corrected chi connectivity index (χ1v) is 6.87. The second-order valence-electron chi connectivity index (χ2n) is 4.97. The van der Waals surface area contributed by atoms with Gasteiger partial charge in [0.15, 0.2) is 6.29 Å². The molecule has 0 saturated heterocycles. The average Bonchev–Trinajstić information content (AvgIpc) is 3.24. The molecular formula is C17H12N4O. The topological polar surface area (TPSA) is 63.6 Å². The highest BCUT2D eigenvalue weighted by Crippen LogP contribution is 2.22. The fourth-order valence-electron chi connectivity index (χ4n) is 2.52. The SMILES string of the molecule is O=Cc1cnc2c(ccn2-c2ccc(-c3ncc[nH]3)cc2)c1. The summed E-state index contributed by atoms with van der Waals surface area (Å²) in [6.45, 7) is 0. The number of hydrogen-bond donors (Lipinski definition) is 1. The molecule has 5 nitrogen and oxygen atoms in total. The quantitative estimate of drug-likeness (QED) is 0.589. The van der Waals surface area contributed by atoms with E-state index in [0.717, 1.165) is 34.4 Å². The summed E-state index contributed by atoms with van der Waals surface area (Å²) in [5.41, 5.74) is 3.45. The van der Waals surface area contributed by atoms with Gasteiger partial charge in [-0.2, -0.15) is 0 Å². The number of carbonyl (C=O) groups is 1. The van der Waals surface area contributed by atoms with Crippen molar-refractivity contribution in [2.24, 2.45) is 0 Å². The van der Waals surface area contributed by atoms with Crippen molar-refractivity contribution < 1.29 is 4.79 Å². The maximum absolute atomic E-state index is 10.8. The second-order valence-corrected chi connectivity index (χ2v) is 4.97. The Labute approximate surface area is 126 Å². The standard InChI is InChI=1S/C17H12N4O/c22-11-12-9-14-5-8-21(17(14)20-10-12)15-3-1-13(2-4-15)16-18-6-7-19-16/h1-11H,(H,18,19). The van der Waals surface area contributed by atoms with Gasteiger partial charge in [0.2, 0.25) is 0 Å². The Balaban J connectivity index is 1.77. The van der Waals surface area contributed by atoms with Gasteiger partial charge in [0.1, 0.15) is 11.5 Å². The lowest BCUT2D eigenvalue weighted by Gasteiger charge is -2.06. The van der Waals surface area contributed by atoms with Crippen molar-refractivity contribution in [2.75, 3.05) is 0 Å². The number of rotatable bonds is 3. The molecule has 0 amide bonds. The van der Waals surface area contributed by atoms with Crippen LogP contribution in [0.1, 0.15) is 10.4 Å². The van der Waals surface area contributed by atoms with Gasteiger partial charge in [0, 0.05) is 47.0 Å². The summed E-state index contributed by atoms with van der Waals surface area (Å²) in [5.74, 6) is 0.845. The van der Waals surface area contributed by atoms with Crippen LogP contribution in [0, 0.1) is 0 Å². The van der Waals surface area contributed by atoms with E-state index in [9.17, 15) is 4.79 Å². The zero-order chi connectivity index (χ0) is 14.9. The fourth-order valence-corrected chi connectivity index (χ4v) is 2.52. The van der Waals surface area contributed by atoms with Crippen molar-refractivity contribution in [1.29, 1.82) is 0 Å². The summed E-state index contributed by atoms with van der Waals surface area (Å²) >= 11 is 0. The molecule has 4 aromatic rings. The first-order valence-electron chi connectivity index (χ1n) is 6.87. The third-order valence-corrected chi connectivity index (χ3v) is 3.60. The van der Waals surface area contributed by atoms with Crippen LogP contribution in [0.4, 0.5) is 0 Å². The number of benzene rings is 1. The number of fused-ring (bicyclic) bond motifs is 1. The Hall–Kier alpha value is -3.21. The number of nitrogens with one attached hydrogen (secondary N) is 1. The number of nitrogens with zero attached hydrogens (tertiary/aromatic N) is 3. The molecule has 0 saturated carbocycles. The third kappa shape index (κ3) is 2.00. The van der Waals surface area contributed by atoms with Crippen LogP contribution in [0.2, 0.25) is 0 Å². The summed E-state index contributed by atoms with van der Waals surface area (Å²) in [7, 11) is 0. The van der Waals surface area contributed by atoms with Crippen LogP contribution < -0.4 is 0 Å². The third-order valence-electron chi connectivity index (χ3n) is 3.60. The van der Waals surface area contributed by atoms with Crippen molar-refractivity contribution in [3.8, 4) is 17.1 Å². The van der Waals surface area contributed by atoms with Gasteiger partial charge >= 0.3 is 0 Å². The van der Waals surface area contributed by atoms with Crippen LogP contribution in [0.25, 0.3) is 28.1 Å². The van der Waals surface area contributed by atoms with E-state index in [1.54, 1.807) is 18.6 Å². The van der Waals surface area contributed by atoms with Gasteiger partial charge in [-0.05, 0) is 36.4 Å². The van der Waals surface area contributed by atoms with Crippen molar-refractivity contribution in [1.82, 2.24) is 19.5 Å². The van der Waals surface area contributed by atoms with E-state index in [2.05, 4.69) is 15.0 Å². The van der Waals surface area contributed by atoms with Gasteiger partial charge < -0.3 is 9.55 Å². The van der Waals surface area contributed by atoms with Crippen LogP contribution in [-0.2, 0) is 0 Å². The minimum atomic E-state index is 0.582. The van der Waals surface area contributed by atoms with Gasteiger partial charge in [-0.3, -0.25) is 4.79 Å². The highest BCUT2D eigenvalue weighted by molar-refractivity contribution is 5.85. The summed E-state index contributed by atoms with van der Waals surface area (Å²) in [6.07, 6.45) is 7.88. The number of H-pyrrole nitrogens is 1. The van der Waals surface area contributed by atoms with Gasteiger partial charge in [0.25, 0.3) is 0 Å². The van der Waals surface area contributed by atoms with E-state index in [4.69, 9.17) is 0 Å². The lowest BCUT2D eigenvalue weighted by atomic mass is 10.2. The molecule has 0 spiro atoms. The van der Waals surface area contributed by atoms with Crippen LogP contribution in [-0.4, -0.2) is 25.8 Å². The molecule has 3 aromatic heterocycles. The molecule has 0 radical (unpaired) electrons. The van der Waals surface area contributed by atoms with Gasteiger partial charge in [-0.1, -0.05) is 0 Å². The molecule has 0 bridgehead atoms. The predicted molar refractivity (Wildman–Crippen MR) is 84.0 cm³/mol. The monoisotopic (exact) mass is 288 g/mol. The number of carbonyl (C=O) groups excluding carboxylic acids is 1. The summed E-state index contributed by atoms with van der Waals surface area (Å²) in [4.78, 5) is 22.5. The zero-order valence-corrected chi connectivity index (χ0v) is 11.6. The normalized spacial score (nSPS) is 10.9. The lowest BCUT2D eigenvalue weighted by Crippen LogP contribution is -1.94. The van der Waals surface area contributed by atoms with E-state index < -0.39 is 0 Å². The number of hydrogen-bond acceptors (Lipinski definition) is 3. The van der Waals surface area contributed by atoms with Crippen molar-refractivity contribution in [3.63, 3.8) is 0 Å². The van der Waals surface area contributed by atoms with E-state index in [1.807, 2.05) is 47.2 Å². The molecule has 0 atom stereocenters. The molecule has 106 valence electrons. The Bertz CT molecular complexity index is 937. The molecular weight excluding hydrogens is 276 g/mol. The van der Waals surface area contributed by atoms with Crippen LogP contribution >= 0.6 is 0 Å². The van der Waals surface area contributed by atoms with E-state index in [1.165, 1.54) is 0 Å². The molecule has 0 fully saturated rings. The van der Waals surface area contributed by atoms with Crippen LogP contribution in [0.5, 0.6) is 0 Å². The summed E-state index contributed by atoms with van der Waals surface area (Å²) in [6, 6.07) is 11.9. The number of imidazole rings is 1. The Kier molecular flexibility index (Phi) is 2.83. The second kappa shape index (κ2) is 4.96. The number of aldehydes is 1. The fraction of sp³-hybridized carbons (Fsp3) is 0. The largest absolute Gasteiger partial charge is 0.345 e. The highest BCUT2D eigenvalue weighted by atomic mass is 16.1. The van der Waals surface area contributed by atoms with E-state index in [-0.39, 0.29) is 0 Å². The first kappa shape index (κ1) is 12.5. The van der Waals surface area contributed by atoms with E-state index in [0.29, 0.717) is 5.56 Å². The van der Waals surface area contributed by atoms with Gasteiger partial charge in [-0.15, -0.1) is 0 Å². The molecule has 0 aliphatic heterocycles. The first-order chi connectivity index (χ1) is 10.8. The van der Waals surface area contributed by atoms with Crippen LogP contribution in [0.15, 0.2) is 61.2 Å². The molecule has 22 heavy (non-hydrogen) atoms. The molecule has 0 unspecified atom stereocenters. The number of pyridine rings is 1. The highest BCUT2D eigenvalue weighted by Gasteiger charge is 2.06. The Morgan fingerprint density at radius 1 is 1.09 bits per heavy atom. The summed E-state index contributed by atoms with van der Waals surface area (Å²) < 4.78 is 2.00. The maximum Gasteiger partial charge on any atom is 0.151 e.